The zero-order valence-corrected chi connectivity index (χ0v) is 19.0. The van der Waals surface area contributed by atoms with Gasteiger partial charge in [-0.2, -0.15) is 0 Å². The fourth-order valence-corrected chi connectivity index (χ4v) is 5.36. The van der Waals surface area contributed by atoms with E-state index in [9.17, 15) is 19.8 Å². The fourth-order valence-electron chi connectivity index (χ4n) is 4.51. The molecule has 2 aliphatic carbocycles. The molecular formula is C24H33NO4S. The average molecular weight is 432 g/mol. The van der Waals surface area contributed by atoms with Crippen molar-refractivity contribution in [1.29, 1.82) is 0 Å². The van der Waals surface area contributed by atoms with Crippen LogP contribution in [-0.4, -0.2) is 34.2 Å². The molecule has 1 aromatic rings. The molecule has 2 fully saturated rings. The normalized spacial score (nSPS) is 26.7. The van der Waals surface area contributed by atoms with Crippen LogP contribution in [0.4, 0.5) is 5.69 Å². The van der Waals surface area contributed by atoms with Crippen LogP contribution in [0.15, 0.2) is 6.07 Å². The van der Waals surface area contributed by atoms with Gasteiger partial charge < -0.3 is 15.1 Å². The van der Waals surface area contributed by atoms with Gasteiger partial charge in [-0.25, -0.2) is 4.79 Å². The monoisotopic (exact) mass is 431 g/mol. The highest BCUT2D eigenvalue weighted by Crippen LogP contribution is 2.38. The molecule has 0 unspecified atom stereocenters. The van der Waals surface area contributed by atoms with Crippen molar-refractivity contribution in [1.82, 2.24) is 0 Å². The number of aliphatic hydroxyl groups excluding tert-OH is 1. The third-order valence-electron chi connectivity index (χ3n) is 6.28. The molecule has 1 amide bonds. The quantitative estimate of drug-likeness (QED) is 0.664. The summed E-state index contributed by atoms with van der Waals surface area (Å²) in [5, 5.41) is 19.8. The van der Waals surface area contributed by atoms with Gasteiger partial charge in [-0.3, -0.25) is 4.79 Å². The predicted molar refractivity (Wildman–Crippen MR) is 120 cm³/mol. The minimum absolute atomic E-state index is 0.0481. The minimum atomic E-state index is -1.02. The summed E-state index contributed by atoms with van der Waals surface area (Å²) in [6.07, 6.45) is 6.13. The number of aromatic carboxylic acids is 1. The SMILES string of the molecule is CC(C)C#Cc1cc(N(C(=O)[C@H]2CC[C@H](C)CC2)[C@H]2CC[C@H](O)CC2)c(C(=O)O)s1. The number of amides is 1. The highest BCUT2D eigenvalue weighted by molar-refractivity contribution is 7.15. The molecule has 1 heterocycles. The third kappa shape index (κ3) is 5.44. The van der Waals surface area contributed by atoms with Gasteiger partial charge in [0, 0.05) is 17.9 Å². The standard InChI is InChI=1S/C24H33NO4S/c1-15(2)4-13-20-14-21(22(30-20)24(28)29)25(18-9-11-19(26)12-10-18)23(27)17-7-5-16(3)6-8-17/h14-19,26H,5-12H2,1-3H3,(H,28,29)/t16-,17-,18-,19-. The van der Waals surface area contributed by atoms with Crippen LogP contribution in [0.5, 0.6) is 0 Å². The van der Waals surface area contributed by atoms with E-state index in [0.717, 1.165) is 37.0 Å². The van der Waals surface area contributed by atoms with Gasteiger partial charge >= 0.3 is 5.97 Å². The maximum absolute atomic E-state index is 13.7. The van der Waals surface area contributed by atoms with Crippen LogP contribution in [0, 0.1) is 29.6 Å². The van der Waals surface area contributed by atoms with E-state index in [1.807, 2.05) is 13.8 Å². The lowest BCUT2D eigenvalue weighted by molar-refractivity contribution is -0.124. The number of carboxylic acids is 1. The molecule has 2 N–H and O–H groups in total. The Bertz CT molecular complexity index is 818. The van der Waals surface area contributed by atoms with Crippen molar-refractivity contribution in [3.05, 3.63) is 15.8 Å². The van der Waals surface area contributed by atoms with Crippen LogP contribution in [0.2, 0.25) is 0 Å². The van der Waals surface area contributed by atoms with Crippen LogP contribution in [0.3, 0.4) is 0 Å². The van der Waals surface area contributed by atoms with E-state index in [1.54, 1.807) is 11.0 Å². The maximum Gasteiger partial charge on any atom is 0.348 e. The highest BCUT2D eigenvalue weighted by Gasteiger charge is 2.37. The van der Waals surface area contributed by atoms with Crippen LogP contribution in [-0.2, 0) is 4.79 Å². The minimum Gasteiger partial charge on any atom is -0.477 e. The molecule has 6 heteroatoms. The molecule has 0 radical (unpaired) electrons. The van der Waals surface area contributed by atoms with Gasteiger partial charge in [0.2, 0.25) is 5.91 Å². The summed E-state index contributed by atoms with van der Waals surface area (Å²) in [5.74, 6) is 5.97. The summed E-state index contributed by atoms with van der Waals surface area (Å²) in [5.41, 5.74) is 0.491. The van der Waals surface area contributed by atoms with Gasteiger partial charge in [0.05, 0.1) is 16.7 Å². The van der Waals surface area contributed by atoms with Crippen LogP contribution in [0.25, 0.3) is 0 Å². The number of carbonyl (C=O) groups is 2. The molecule has 5 nitrogen and oxygen atoms in total. The maximum atomic E-state index is 13.7. The molecule has 0 aromatic carbocycles. The molecule has 30 heavy (non-hydrogen) atoms. The molecule has 2 saturated carbocycles. The summed E-state index contributed by atoms with van der Waals surface area (Å²) in [7, 11) is 0. The highest BCUT2D eigenvalue weighted by atomic mass is 32.1. The molecular weight excluding hydrogens is 398 g/mol. The average Bonchev–Trinajstić information content (AvgIpc) is 3.13. The van der Waals surface area contributed by atoms with Crippen LogP contribution >= 0.6 is 11.3 Å². The van der Waals surface area contributed by atoms with Gasteiger partial charge in [0.15, 0.2) is 0 Å². The molecule has 0 atom stereocenters. The second kappa shape index (κ2) is 9.98. The number of anilines is 1. The zero-order valence-electron chi connectivity index (χ0n) is 18.2. The molecule has 0 bridgehead atoms. The summed E-state index contributed by atoms with van der Waals surface area (Å²) >= 11 is 1.15. The lowest BCUT2D eigenvalue weighted by Gasteiger charge is -2.38. The number of hydrogen-bond acceptors (Lipinski definition) is 4. The van der Waals surface area contributed by atoms with Crippen LogP contribution < -0.4 is 4.90 Å². The second-order valence-corrected chi connectivity index (χ2v) is 10.2. The lowest BCUT2D eigenvalue weighted by atomic mass is 9.81. The number of carbonyl (C=O) groups excluding carboxylic acids is 1. The Labute approximate surface area is 183 Å². The largest absolute Gasteiger partial charge is 0.477 e. The first-order valence-corrected chi connectivity index (χ1v) is 12.0. The van der Waals surface area contributed by atoms with E-state index >= 15 is 0 Å². The Morgan fingerprint density at radius 1 is 1.10 bits per heavy atom. The Kier molecular flexibility index (Phi) is 7.60. The van der Waals surface area contributed by atoms with Crippen molar-refractivity contribution in [2.45, 2.75) is 84.3 Å². The lowest BCUT2D eigenvalue weighted by Crippen LogP contribution is -2.47. The Hall–Kier alpha value is -1.84. The first-order chi connectivity index (χ1) is 14.3. The van der Waals surface area contributed by atoms with E-state index < -0.39 is 5.97 Å². The van der Waals surface area contributed by atoms with E-state index in [0.29, 0.717) is 42.2 Å². The molecule has 3 rings (SSSR count). The van der Waals surface area contributed by atoms with Gasteiger partial charge in [-0.15, -0.1) is 11.3 Å². The van der Waals surface area contributed by atoms with Crippen LogP contribution in [0.1, 0.15) is 86.7 Å². The predicted octanol–water partition coefficient (Wildman–Crippen LogP) is 4.92. The fraction of sp³-hybridized carbons (Fsp3) is 0.667. The Balaban J connectivity index is 1.98. The molecule has 2 aliphatic rings. The van der Waals surface area contributed by atoms with Crippen molar-refractivity contribution >= 4 is 28.9 Å². The molecule has 0 spiro atoms. The van der Waals surface area contributed by atoms with Crippen molar-refractivity contribution in [2.24, 2.45) is 17.8 Å². The Morgan fingerprint density at radius 2 is 1.73 bits per heavy atom. The van der Waals surface area contributed by atoms with Gasteiger partial charge in [-0.05, 0) is 63.4 Å². The number of thiophene rings is 1. The van der Waals surface area contributed by atoms with E-state index in [2.05, 4.69) is 18.8 Å². The molecule has 0 saturated heterocycles. The third-order valence-corrected chi connectivity index (χ3v) is 7.31. The first kappa shape index (κ1) is 22.8. The van der Waals surface area contributed by atoms with Crippen molar-refractivity contribution in [3.8, 4) is 11.8 Å². The second-order valence-electron chi connectivity index (χ2n) is 9.18. The molecule has 0 aliphatic heterocycles. The summed E-state index contributed by atoms with van der Waals surface area (Å²) in [6.45, 7) is 6.21. The number of nitrogens with zero attached hydrogens (tertiary/aromatic N) is 1. The number of hydrogen-bond donors (Lipinski definition) is 2. The van der Waals surface area contributed by atoms with E-state index in [4.69, 9.17) is 0 Å². The van der Waals surface area contributed by atoms with Crippen molar-refractivity contribution < 1.29 is 19.8 Å². The summed E-state index contributed by atoms with van der Waals surface area (Å²) in [6, 6.07) is 1.72. The molecule has 164 valence electrons. The van der Waals surface area contributed by atoms with Crippen molar-refractivity contribution in [3.63, 3.8) is 0 Å². The smallest absolute Gasteiger partial charge is 0.348 e. The summed E-state index contributed by atoms with van der Waals surface area (Å²) < 4.78 is 0. The van der Waals surface area contributed by atoms with Crippen molar-refractivity contribution in [2.75, 3.05) is 4.90 Å². The first-order valence-electron chi connectivity index (χ1n) is 11.2. The molecule has 1 aromatic heterocycles. The van der Waals surface area contributed by atoms with E-state index in [-0.39, 0.29) is 34.8 Å². The zero-order chi connectivity index (χ0) is 21.8. The number of carboxylic acid groups (broad SMARTS) is 1. The van der Waals surface area contributed by atoms with E-state index in [1.165, 1.54) is 0 Å². The summed E-state index contributed by atoms with van der Waals surface area (Å²) in [4.78, 5) is 28.4. The topological polar surface area (TPSA) is 77.8 Å². The Morgan fingerprint density at radius 3 is 2.30 bits per heavy atom. The number of aliphatic hydroxyl groups is 1. The van der Waals surface area contributed by atoms with Gasteiger partial charge in [0.25, 0.3) is 0 Å². The number of rotatable bonds is 4. The van der Waals surface area contributed by atoms with Gasteiger partial charge in [-0.1, -0.05) is 32.6 Å². The van der Waals surface area contributed by atoms with Gasteiger partial charge in [0.1, 0.15) is 4.88 Å².